The van der Waals surface area contributed by atoms with Crippen molar-refractivity contribution in [2.75, 3.05) is 33.4 Å². The van der Waals surface area contributed by atoms with Gasteiger partial charge in [0.2, 0.25) is 0 Å². The second kappa shape index (κ2) is 9.79. The molecule has 1 aromatic heterocycles. The van der Waals surface area contributed by atoms with E-state index in [0.717, 1.165) is 42.3 Å². The van der Waals surface area contributed by atoms with Crippen LogP contribution in [0.1, 0.15) is 39.1 Å². The van der Waals surface area contributed by atoms with E-state index in [0.29, 0.717) is 31.9 Å². The molecule has 31 heavy (non-hydrogen) atoms. The predicted octanol–water partition coefficient (Wildman–Crippen LogP) is 3.92. The lowest BCUT2D eigenvalue weighted by Gasteiger charge is -2.26. The van der Waals surface area contributed by atoms with Gasteiger partial charge in [-0.15, -0.1) is 0 Å². The van der Waals surface area contributed by atoms with Gasteiger partial charge in [-0.3, -0.25) is 4.79 Å². The van der Waals surface area contributed by atoms with Crippen molar-refractivity contribution in [3.8, 4) is 0 Å². The Balaban J connectivity index is 1.39. The molecule has 1 aliphatic rings. The Labute approximate surface area is 182 Å². The molecule has 4 rings (SSSR count). The van der Waals surface area contributed by atoms with Gasteiger partial charge in [0.1, 0.15) is 0 Å². The van der Waals surface area contributed by atoms with Crippen LogP contribution >= 0.6 is 0 Å². The molecule has 0 spiro atoms. The van der Waals surface area contributed by atoms with Gasteiger partial charge in [0, 0.05) is 36.7 Å². The minimum Gasteiger partial charge on any atom is -0.465 e. The van der Waals surface area contributed by atoms with Crippen LogP contribution in [0.3, 0.4) is 0 Å². The van der Waals surface area contributed by atoms with Crippen molar-refractivity contribution in [3.05, 3.63) is 71.4 Å². The van der Waals surface area contributed by atoms with Crippen LogP contribution in [0.15, 0.2) is 54.7 Å². The van der Waals surface area contributed by atoms with Crippen molar-refractivity contribution in [2.45, 2.75) is 25.8 Å². The normalized spacial score (nSPS) is 14.0. The summed E-state index contributed by atoms with van der Waals surface area (Å²) in [6.07, 6.45) is 4.98. The molecule has 0 N–H and O–H groups in total. The number of carbonyl (C=O) groups is 2. The van der Waals surface area contributed by atoms with E-state index in [4.69, 9.17) is 9.47 Å². The van der Waals surface area contributed by atoms with E-state index < -0.39 is 0 Å². The first-order valence-corrected chi connectivity index (χ1v) is 10.8. The van der Waals surface area contributed by atoms with E-state index in [1.165, 1.54) is 12.7 Å². The lowest BCUT2D eigenvalue weighted by atomic mass is 10.1. The molecule has 6 heteroatoms. The number of ether oxygens (including phenoxy) is 2. The van der Waals surface area contributed by atoms with Crippen molar-refractivity contribution in [1.82, 2.24) is 9.47 Å². The highest BCUT2D eigenvalue weighted by Crippen LogP contribution is 2.24. The van der Waals surface area contributed by atoms with Gasteiger partial charge in [-0.1, -0.05) is 30.3 Å². The molecule has 2 aromatic carbocycles. The molecule has 0 atom stereocenters. The summed E-state index contributed by atoms with van der Waals surface area (Å²) in [5.74, 6) is -0.225. The molecule has 0 aliphatic carbocycles. The Morgan fingerprint density at radius 1 is 1.00 bits per heavy atom. The number of nitrogens with zero attached hydrogens (tertiary/aromatic N) is 2. The zero-order valence-electron chi connectivity index (χ0n) is 17.9. The largest absolute Gasteiger partial charge is 0.465 e. The number of para-hydroxylation sites is 1. The lowest BCUT2D eigenvalue weighted by Crippen LogP contribution is -2.40. The maximum Gasteiger partial charge on any atom is 0.337 e. The standard InChI is InChI=1S/C25H28N2O4/c1-30-25(29)20-11-9-19(10-12-20)6-4-5-13-27-18-22(21-7-2-3-8-23(21)27)24(28)26-14-16-31-17-15-26/h2-3,7-12,18H,4-6,13-17H2,1H3. The highest BCUT2D eigenvalue weighted by Gasteiger charge is 2.22. The fraction of sp³-hybridized carbons (Fsp3) is 0.360. The number of aryl methyl sites for hydroxylation is 2. The number of amides is 1. The maximum absolute atomic E-state index is 13.1. The monoisotopic (exact) mass is 420 g/mol. The van der Waals surface area contributed by atoms with E-state index in [1.807, 2.05) is 53.6 Å². The van der Waals surface area contributed by atoms with Crippen LogP contribution in [0.2, 0.25) is 0 Å². The van der Waals surface area contributed by atoms with Crippen molar-refractivity contribution in [1.29, 1.82) is 0 Å². The lowest BCUT2D eigenvalue weighted by molar-refractivity contribution is 0.0304. The Kier molecular flexibility index (Phi) is 6.67. The molecule has 162 valence electrons. The van der Waals surface area contributed by atoms with Gasteiger partial charge in [0.05, 0.1) is 31.5 Å². The summed E-state index contributed by atoms with van der Waals surface area (Å²) in [4.78, 5) is 26.5. The number of fused-ring (bicyclic) bond motifs is 1. The van der Waals surface area contributed by atoms with Crippen LogP contribution < -0.4 is 0 Å². The van der Waals surface area contributed by atoms with Crippen LogP contribution in [-0.4, -0.2) is 54.8 Å². The average molecular weight is 421 g/mol. The van der Waals surface area contributed by atoms with E-state index in [2.05, 4.69) is 10.6 Å². The zero-order chi connectivity index (χ0) is 21.6. The second-order valence-electron chi connectivity index (χ2n) is 7.80. The first-order valence-electron chi connectivity index (χ1n) is 10.8. The van der Waals surface area contributed by atoms with Crippen LogP contribution in [0.25, 0.3) is 10.9 Å². The molecule has 3 aromatic rings. The summed E-state index contributed by atoms with van der Waals surface area (Å²) in [5.41, 5.74) is 3.65. The molecule has 6 nitrogen and oxygen atoms in total. The third-order valence-corrected chi connectivity index (χ3v) is 5.81. The van der Waals surface area contributed by atoms with Crippen LogP contribution in [0.4, 0.5) is 0 Å². The van der Waals surface area contributed by atoms with E-state index in [1.54, 1.807) is 0 Å². The maximum atomic E-state index is 13.1. The molecule has 0 bridgehead atoms. The van der Waals surface area contributed by atoms with Gasteiger partial charge in [-0.2, -0.15) is 0 Å². The molecule has 0 radical (unpaired) electrons. The van der Waals surface area contributed by atoms with Crippen LogP contribution in [-0.2, 0) is 22.4 Å². The van der Waals surface area contributed by atoms with Crippen LogP contribution in [0.5, 0.6) is 0 Å². The minimum absolute atomic E-state index is 0.0870. The molecule has 1 aliphatic heterocycles. The Morgan fingerprint density at radius 2 is 1.74 bits per heavy atom. The number of carbonyl (C=O) groups excluding carboxylic acids is 2. The average Bonchev–Trinajstić information content (AvgIpc) is 3.20. The summed E-state index contributed by atoms with van der Waals surface area (Å²) in [5, 5.41) is 1.01. The van der Waals surface area contributed by atoms with Crippen molar-refractivity contribution in [3.63, 3.8) is 0 Å². The molecule has 2 heterocycles. The molecule has 0 saturated carbocycles. The fourth-order valence-corrected chi connectivity index (χ4v) is 4.08. The second-order valence-corrected chi connectivity index (χ2v) is 7.80. The van der Waals surface area contributed by atoms with Crippen molar-refractivity contribution < 1.29 is 19.1 Å². The highest BCUT2D eigenvalue weighted by molar-refractivity contribution is 6.07. The Morgan fingerprint density at radius 3 is 2.48 bits per heavy atom. The third-order valence-electron chi connectivity index (χ3n) is 5.81. The topological polar surface area (TPSA) is 60.8 Å². The van der Waals surface area contributed by atoms with E-state index >= 15 is 0 Å². The smallest absolute Gasteiger partial charge is 0.337 e. The summed E-state index contributed by atoms with van der Waals surface area (Å²) in [6, 6.07) is 15.7. The van der Waals surface area contributed by atoms with Gasteiger partial charge >= 0.3 is 5.97 Å². The SMILES string of the molecule is COC(=O)c1ccc(CCCCn2cc(C(=O)N3CCOCC3)c3ccccc32)cc1. The number of aromatic nitrogens is 1. The summed E-state index contributed by atoms with van der Waals surface area (Å²) >= 11 is 0. The first kappa shape index (κ1) is 21.1. The molecule has 1 amide bonds. The predicted molar refractivity (Wildman–Crippen MR) is 119 cm³/mol. The molecular weight excluding hydrogens is 392 g/mol. The van der Waals surface area contributed by atoms with Gasteiger partial charge in [-0.05, 0) is 43.0 Å². The molecule has 0 unspecified atom stereocenters. The summed E-state index contributed by atoms with van der Waals surface area (Å²) in [7, 11) is 1.39. The van der Waals surface area contributed by atoms with Gasteiger partial charge in [0.15, 0.2) is 0 Å². The first-order chi connectivity index (χ1) is 15.2. The number of esters is 1. The molecular formula is C25H28N2O4. The number of methoxy groups -OCH3 is 1. The molecule has 1 fully saturated rings. The number of unbranched alkanes of at least 4 members (excludes halogenated alkanes) is 1. The van der Waals surface area contributed by atoms with Gasteiger partial charge < -0.3 is 18.9 Å². The highest BCUT2D eigenvalue weighted by atomic mass is 16.5. The quantitative estimate of drug-likeness (QED) is 0.429. The van der Waals surface area contributed by atoms with Gasteiger partial charge in [0.25, 0.3) is 5.91 Å². The summed E-state index contributed by atoms with van der Waals surface area (Å²) in [6.45, 7) is 3.35. The van der Waals surface area contributed by atoms with Gasteiger partial charge in [-0.25, -0.2) is 4.79 Å². The van der Waals surface area contributed by atoms with Crippen LogP contribution in [0, 0.1) is 0 Å². The minimum atomic E-state index is -0.312. The van der Waals surface area contributed by atoms with E-state index in [9.17, 15) is 9.59 Å². The third kappa shape index (κ3) is 4.80. The number of rotatable bonds is 7. The van der Waals surface area contributed by atoms with Crippen molar-refractivity contribution in [2.24, 2.45) is 0 Å². The van der Waals surface area contributed by atoms with E-state index in [-0.39, 0.29) is 11.9 Å². The number of hydrogen-bond donors (Lipinski definition) is 0. The number of hydrogen-bond acceptors (Lipinski definition) is 4. The van der Waals surface area contributed by atoms with Crippen molar-refractivity contribution >= 4 is 22.8 Å². The fourth-order valence-electron chi connectivity index (χ4n) is 4.08. The zero-order valence-corrected chi connectivity index (χ0v) is 17.9. The Bertz CT molecular complexity index is 1050. The number of morpholine rings is 1. The Hall–Kier alpha value is -3.12. The number of benzene rings is 2. The molecule has 1 saturated heterocycles. The summed E-state index contributed by atoms with van der Waals surface area (Å²) < 4.78 is 12.3.